The Morgan fingerprint density at radius 3 is 2.44 bits per heavy atom. The zero-order valence-corrected chi connectivity index (χ0v) is 16.1. The van der Waals surface area contributed by atoms with Crippen LogP contribution < -0.4 is 15.4 Å². The third-order valence-electron chi connectivity index (χ3n) is 4.55. The summed E-state index contributed by atoms with van der Waals surface area (Å²) in [6.07, 6.45) is 0.355. The molecule has 5 nitrogen and oxygen atoms in total. The van der Waals surface area contributed by atoms with Crippen molar-refractivity contribution < 1.29 is 18.7 Å². The first-order chi connectivity index (χ1) is 12.7. The molecule has 0 radical (unpaired) electrons. The van der Waals surface area contributed by atoms with Gasteiger partial charge in [0.2, 0.25) is 5.91 Å². The number of carbonyl (C=O) groups is 2. The van der Waals surface area contributed by atoms with Gasteiger partial charge < -0.3 is 15.4 Å². The third kappa shape index (κ3) is 3.87. The van der Waals surface area contributed by atoms with E-state index in [0.717, 1.165) is 6.07 Å². The Labute approximate surface area is 165 Å². The Hall–Kier alpha value is -2.31. The van der Waals surface area contributed by atoms with Gasteiger partial charge in [-0.25, -0.2) is 4.39 Å². The number of anilines is 2. The lowest BCUT2D eigenvalue weighted by molar-refractivity contribution is -0.120. The second-order valence-corrected chi connectivity index (χ2v) is 8.03. The van der Waals surface area contributed by atoms with Crippen molar-refractivity contribution in [2.45, 2.75) is 17.7 Å². The van der Waals surface area contributed by atoms with Crippen LogP contribution in [0.15, 0.2) is 42.5 Å². The zero-order chi connectivity index (χ0) is 19.8. The van der Waals surface area contributed by atoms with Crippen LogP contribution in [0, 0.1) is 11.2 Å². The van der Waals surface area contributed by atoms with Crippen LogP contribution in [0.3, 0.4) is 0 Å². The van der Waals surface area contributed by atoms with Crippen molar-refractivity contribution in [3.05, 3.63) is 53.8 Å². The summed E-state index contributed by atoms with van der Waals surface area (Å²) >= 11 is 12.1. The molecule has 0 aromatic heterocycles. The van der Waals surface area contributed by atoms with Crippen molar-refractivity contribution in [1.29, 1.82) is 0 Å². The van der Waals surface area contributed by atoms with Crippen LogP contribution in [-0.4, -0.2) is 23.3 Å². The van der Waals surface area contributed by atoms with Gasteiger partial charge >= 0.3 is 0 Å². The zero-order valence-electron chi connectivity index (χ0n) is 14.6. The van der Waals surface area contributed by atoms with Gasteiger partial charge in [0, 0.05) is 11.3 Å². The highest BCUT2D eigenvalue weighted by Gasteiger charge is 2.67. The summed E-state index contributed by atoms with van der Waals surface area (Å²) in [6, 6.07) is 10.1. The normalized spacial score (nSPS) is 19.9. The van der Waals surface area contributed by atoms with E-state index in [9.17, 15) is 14.0 Å². The molecule has 1 fully saturated rings. The summed E-state index contributed by atoms with van der Waals surface area (Å²) in [6.45, 7) is 1.68. The van der Waals surface area contributed by atoms with Crippen LogP contribution in [0.1, 0.15) is 23.7 Å². The van der Waals surface area contributed by atoms with Gasteiger partial charge in [-0.3, -0.25) is 9.59 Å². The highest BCUT2D eigenvalue weighted by Crippen LogP contribution is 2.64. The molecule has 142 valence electrons. The average molecular weight is 411 g/mol. The smallest absolute Gasteiger partial charge is 0.255 e. The van der Waals surface area contributed by atoms with Crippen molar-refractivity contribution in [3.8, 4) is 5.75 Å². The molecular weight excluding hydrogens is 394 g/mol. The number of rotatable bonds is 5. The van der Waals surface area contributed by atoms with Gasteiger partial charge in [0.1, 0.15) is 15.9 Å². The average Bonchev–Trinajstić information content (AvgIpc) is 3.14. The molecule has 0 bridgehead atoms. The quantitative estimate of drug-likeness (QED) is 0.707. The van der Waals surface area contributed by atoms with E-state index in [0.29, 0.717) is 23.5 Å². The summed E-state index contributed by atoms with van der Waals surface area (Å²) in [5.74, 6) is -0.954. The lowest BCUT2D eigenvalue weighted by atomic mass is 10.1. The Morgan fingerprint density at radius 2 is 1.85 bits per heavy atom. The highest BCUT2D eigenvalue weighted by atomic mass is 35.5. The fourth-order valence-corrected chi connectivity index (χ4v) is 3.33. The molecule has 1 atom stereocenters. The van der Waals surface area contributed by atoms with E-state index < -0.39 is 21.5 Å². The number of ether oxygens (including phenoxy) is 1. The summed E-state index contributed by atoms with van der Waals surface area (Å²) in [5, 5.41) is 5.39. The number of halogens is 3. The van der Waals surface area contributed by atoms with Crippen molar-refractivity contribution in [2.24, 2.45) is 5.41 Å². The lowest BCUT2D eigenvalue weighted by Crippen LogP contribution is -2.26. The van der Waals surface area contributed by atoms with Crippen LogP contribution >= 0.6 is 23.2 Å². The van der Waals surface area contributed by atoms with Gasteiger partial charge in [-0.15, -0.1) is 23.2 Å². The van der Waals surface area contributed by atoms with Crippen LogP contribution in [0.5, 0.6) is 5.75 Å². The Morgan fingerprint density at radius 1 is 1.15 bits per heavy atom. The molecule has 2 aromatic carbocycles. The number of nitrogens with one attached hydrogen (secondary N) is 2. The minimum Gasteiger partial charge on any atom is -0.495 e. The highest BCUT2D eigenvalue weighted by molar-refractivity contribution is 6.53. The summed E-state index contributed by atoms with van der Waals surface area (Å²) in [7, 11) is 1.45. The van der Waals surface area contributed by atoms with Crippen LogP contribution in [0.25, 0.3) is 0 Å². The van der Waals surface area contributed by atoms with Gasteiger partial charge in [0.05, 0.1) is 18.2 Å². The maximum atomic E-state index is 13.3. The van der Waals surface area contributed by atoms with E-state index in [1.54, 1.807) is 25.1 Å². The van der Waals surface area contributed by atoms with Gasteiger partial charge in [0.25, 0.3) is 5.91 Å². The Kier molecular flexibility index (Phi) is 5.06. The van der Waals surface area contributed by atoms with Gasteiger partial charge in [0.15, 0.2) is 0 Å². The molecule has 0 aliphatic heterocycles. The fourth-order valence-electron chi connectivity index (χ4n) is 2.62. The maximum absolute atomic E-state index is 13.3. The monoisotopic (exact) mass is 410 g/mol. The first-order valence-electron chi connectivity index (χ1n) is 8.10. The molecule has 8 heteroatoms. The van der Waals surface area contributed by atoms with Crippen molar-refractivity contribution >= 4 is 46.4 Å². The number of alkyl halides is 2. The molecule has 2 amide bonds. The van der Waals surface area contributed by atoms with E-state index in [2.05, 4.69) is 10.6 Å². The van der Waals surface area contributed by atoms with E-state index in [-0.39, 0.29) is 11.5 Å². The molecule has 2 N–H and O–H groups in total. The molecule has 2 aromatic rings. The van der Waals surface area contributed by atoms with Crippen LogP contribution in [-0.2, 0) is 4.79 Å². The summed E-state index contributed by atoms with van der Waals surface area (Å²) in [5.41, 5.74) is 0.0493. The van der Waals surface area contributed by atoms with Gasteiger partial charge in [-0.1, -0.05) is 6.07 Å². The largest absolute Gasteiger partial charge is 0.495 e. The Bertz CT molecular complexity index is 920. The minimum atomic E-state index is -1.09. The number of amides is 2. The van der Waals surface area contributed by atoms with E-state index in [1.165, 1.54) is 25.3 Å². The first-order valence-corrected chi connectivity index (χ1v) is 8.86. The SMILES string of the molecule is COc1ccc(NC(=O)C2(C)CC2(Cl)Cl)cc1NC(=O)c1cccc(F)c1. The topological polar surface area (TPSA) is 67.4 Å². The lowest BCUT2D eigenvalue weighted by Gasteiger charge is -2.15. The molecule has 1 unspecified atom stereocenters. The van der Waals surface area contributed by atoms with Gasteiger partial charge in [-0.2, -0.15) is 0 Å². The minimum absolute atomic E-state index is 0.158. The predicted molar refractivity (Wildman–Crippen MR) is 103 cm³/mol. The van der Waals surface area contributed by atoms with Crippen molar-refractivity contribution in [3.63, 3.8) is 0 Å². The van der Waals surface area contributed by atoms with E-state index in [4.69, 9.17) is 27.9 Å². The molecule has 3 rings (SSSR count). The van der Waals surface area contributed by atoms with Crippen molar-refractivity contribution in [1.82, 2.24) is 0 Å². The molecule has 1 aliphatic rings. The molecule has 0 saturated heterocycles. The standard InChI is InChI=1S/C19H17Cl2FN2O3/c1-18(10-19(18,20)21)17(26)23-13-6-7-15(27-2)14(9-13)24-16(25)11-4-3-5-12(22)8-11/h3-9H,10H2,1-2H3,(H,23,26)(H,24,25). The van der Waals surface area contributed by atoms with Crippen molar-refractivity contribution in [2.75, 3.05) is 17.7 Å². The summed E-state index contributed by atoms with van der Waals surface area (Å²) in [4.78, 5) is 24.8. The number of benzene rings is 2. The van der Waals surface area contributed by atoms with Gasteiger partial charge in [-0.05, 0) is 49.7 Å². The fraction of sp³-hybridized carbons (Fsp3) is 0.263. The maximum Gasteiger partial charge on any atom is 0.255 e. The predicted octanol–water partition coefficient (Wildman–Crippen LogP) is 4.61. The number of hydrogen-bond acceptors (Lipinski definition) is 3. The molecule has 27 heavy (non-hydrogen) atoms. The number of methoxy groups -OCH3 is 1. The second-order valence-electron chi connectivity index (χ2n) is 6.55. The molecule has 0 heterocycles. The van der Waals surface area contributed by atoms with Crippen LogP contribution in [0.4, 0.5) is 15.8 Å². The molecule has 0 spiro atoms. The molecule has 1 aliphatic carbocycles. The molecule has 1 saturated carbocycles. The number of carbonyl (C=O) groups excluding carboxylic acids is 2. The molecular formula is C19H17Cl2FN2O3. The third-order valence-corrected chi connectivity index (χ3v) is 5.65. The summed E-state index contributed by atoms with van der Waals surface area (Å²) < 4.78 is 17.5. The van der Waals surface area contributed by atoms with E-state index in [1.807, 2.05) is 0 Å². The second kappa shape index (κ2) is 7.02. The number of hydrogen-bond donors (Lipinski definition) is 2. The van der Waals surface area contributed by atoms with E-state index >= 15 is 0 Å². The Balaban J connectivity index is 1.80. The van der Waals surface area contributed by atoms with Crippen LogP contribution in [0.2, 0.25) is 0 Å². The first kappa shape index (κ1) is 19.5.